The minimum absolute atomic E-state index is 0.111. The third-order valence-corrected chi connectivity index (χ3v) is 9.74. The highest BCUT2D eigenvalue weighted by atomic mass is 16.5. The molecule has 2 saturated heterocycles. The summed E-state index contributed by atoms with van der Waals surface area (Å²) in [7, 11) is 1.24. The van der Waals surface area contributed by atoms with Crippen molar-refractivity contribution in [2.75, 3.05) is 13.7 Å². The van der Waals surface area contributed by atoms with Gasteiger partial charge in [0, 0.05) is 36.5 Å². The Morgan fingerprint density at radius 2 is 1.69 bits per heavy atom. The Bertz CT molecular complexity index is 1620. The van der Waals surface area contributed by atoms with E-state index in [9.17, 15) is 33.6 Å². The van der Waals surface area contributed by atoms with Crippen LogP contribution in [0.4, 0.5) is 0 Å². The molecule has 0 saturated carbocycles. The maximum absolute atomic E-state index is 14.3. The van der Waals surface area contributed by atoms with Crippen LogP contribution in [0.2, 0.25) is 0 Å². The summed E-state index contributed by atoms with van der Waals surface area (Å²) in [5.74, 6) is -3.05. The lowest BCUT2D eigenvalue weighted by molar-refractivity contribution is -0.147. The molecule has 2 fully saturated rings. The van der Waals surface area contributed by atoms with Crippen LogP contribution in [0.5, 0.6) is 0 Å². The Labute approximate surface area is 286 Å². The van der Waals surface area contributed by atoms with Crippen molar-refractivity contribution in [1.82, 2.24) is 25.4 Å². The maximum Gasteiger partial charge on any atom is 0.325 e. The van der Waals surface area contributed by atoms with Crippen molar-refractivity contribution >= 4 is 46.3 Å². The second-order valence-corrected chi connectivity index (χ2v) is 13.0. The van der Waals surface area contributed by atoms with Crippen molar-refractivity contribution in [1.29, 1.82) is 0 Å². The van der Waals surface area contributed by atoms with E-state index in [1.54, 1.807) is 24.3 Å². The summed E-state index contributed by atoms with van der Waals surface area (Å²) in [6.45, 7) is 5.58. The van der Waals surface area contributed by atoms with E-state index in [4.69, 9.17) is 4.74 Å². The van der Waals surface area contributed by atoms with Crippen molar-refractivity contribution in [3.63, 3.8) is 0 Å². The molecular weight excluding hydrogens is 630 g/mol. The van der Waals surface area contributed by atoms with Gasteiger partial charge in [-0.25, -0.2) is 0 Å². The van der Waals surface area contributed by atoms with Crippen molar-refractivity contribution < 1.29 is 33.5 Å². The normalized spacial score (nSPS) is 22.6. The Balaban J connectivity index is 1.80. The molecule has 13 nitrogen and oxygen atoms in total. The molecule has 0 spiro atoms. The summed E-state index contributed by atoms with van der Waals surface area (Å²) in [4.78, 5) is 96.0. The lowest BCUT2D eigenvalue weighted by Crippen LogP contribution is -2.63. The molecule has 0 aliphatic carbocycles. The molecule has 1 aromatic carbocycles. The summed E-state index contributed by atoms with van der Waals surface area (Å²) in [5.41, 5.74) is -0.218. The number of nitrogens with zero attached hydrogens (tertiary/aromatic N) is 2. The van der Waals surface area contributed by atoms with Gasteiger partial charge in [0.2, 0.25) is 23.6 Å². The molecule has 2 aliphatic rings. The first kappa shape index (κ1) is 37.3. The van der Waals surface area contributed by atoms with Crippen molar-refractivity contribution in [3.05, 3.63) is 46.2 Å². The number of benzene rings is 1. The van der Waals surface area contributed by atoms with Crippen molar-refractivity contribution in [3.8, 4) is 0 Å². The number of rotatable bonds is 12. The summed E-state index contributed by atoms with van der Waals surface area (Å²) >= 11 is 0. The molecule has 0 radical (unpaired) electrons. The van der Waals surface area contributed by atoms with Gasteiger partial charge in [0.1, 0.15) is 36.5 Å². The van der Waals surface area contributed by atoms with Crippen LogP contribution in [0.25, 0.3) is 10.9 Å². The van der Waals surface area contributed by atoms with E-state index in [0.717, 1.165) is 6.42 Å². The van der Waals surface area contributed by atoms with Gasteiger partial charge < -0.3 is 30.2 Å². The van der Waals surface area contributed by atoms with Gasteiger partial charge in [0.05, 0.1) is 12.6 Å². The molecule has 1 aromatic heterocycles. The lowest BCUT2D eigenvalue weighted by Gasteiger charge is -2.39. The highest BCUT2D eigenvalue weighted by molar-refractivity contribution is 5.98. The van der Waals surface area contributed by atoms with E-state index in [0.29, 0.717) is 63.4 Å². The zero-order chi connectivity index (χ0) is 35.7. The minimum Gasteiger partial charge on any atom is -0.468 e. The molecule has 2 aliphatic heterocycles. The number of fused-ring (bicyclic) bond motifs is 2. The van der Waals surface area contributed by atoms with Gasteiger partial charge in [-0.05, 0) is 50.2 Å². The van der Waals surface area contributed by atoms with Gasteiger partial charge in [-0.3, -0.25) is 33.6 Å². The predicted molar refractivity (Wildman–Crippen MR) is 182 cm³/mol. The third kappa shape index (κ3) is 8.93. The third-order valence-electron chi connectivity index (χ3n) is 9.74. The maximum atomic E-state index is 14.3. The number of methoxy groups -OCH3 is 1. The molecule has 266 valence electrons. The van der Waals surface area contributed by atoms with Gasteiger partial charge in [0.15, 0.2) is 5.43 Å². The number of pyridine rings is 1. The number of ether oxygens (including phenoxy) is 1. The van der Waals surface area contributed by atoms with Crippen LogP contribution < -0.4 is 21.4 Å². The zero-order valence-electron chi connectivity index (χ0n) is 28.9. The first-order valence-electron chi connectivity index (χ1n) is 17.4. The number of carbonyl (C=O) groups is 6. The molecule has 4 rings (SSSR count). The zero-order valence-corrected chi connectivity index (χ0v) is 28.9. The van der Waals surface area contributed by atoms with Gasteiger partial charge in [-0.1, -0.05) is 52.2 Å². The minimum atomic E-state index is -1.56. The molecule has 4 amide bonds. The second kappa shape index (κ2) is 17.2. The molecule has 0 unspecified atom stereocenters. The van der Waals surface area contributed by atoms with E-state index < -0.39 is 59.2 Å². The van der Waals surface area contributed by atoms with Crippen LogP contribution in [0.3, 0.4) is 0 Å². The topological polar surface area (TPSA) is 173 Å². The number of nitrogens with one attached hydrogen (secondary N) is 3. The van der Waals surface area contributed by atoms with E-state index in [2.05, 4.69) is 16.0 Å². The molecule has 3 N–H and O–H groups in total. The fraction of sp³-hybridized carbons (Fsp3) is 0.583. The van der Waals surface area contributed by atoms with Gasteiger partial charge in [-0.15, -0.1) is 0 Å². The van der Waals surface area contributed by atoms with Gasteiger partial charge in [0.25, 0.3) is 0 Å². The van der Waals surface area contributed by atoms with Crippen molar-refractivity contribution in [2.24, 2.45) is 5.92 Å². The SMILES string of the molecule is CCC(=O)CCCCC[C@@H]1NC(=O)[C@H]2CCCCN2C(=O)[C@H]([C@@H](C)CC)NC(=O)[C@H](c2cn(CC(=O)OC)c3ccccc3c2=O)NC1=O. The van der Waals surface area contributed by atoms with E-state index in [1.165, 1.54) is 22.8 Å². The number of carbonyl (C=O) groups excluding carboxylic acids is 6. The van der Waals surface area contributed by atoms with E-state index in [1.807, 2.05) is 20.8 Å². The highest BCUT2D eigenvalue weighted by Crippen LogP contribution is 2.24. The summed E-state index contributed by atoms with van der Waals surface area (Å²) < 4.78 is 6.35. The average Bonchev–Trinajstić information content (AvgIpc) is 3.11. The number of aromatic nitrogens is 1. The Hall–Kier alpha value is -4.55. The van der Waals surface area contributed by atoms with Crippen LogP contribution in [-0.2, 0) is 40.0 Å². The highest BCUT2D eigenvalue weighted by Gasteiger charge is 2.41. The lowest BCUT2D eigenvalue weighted by atomic mass is 9.93. The van der Waals surface area contributed by atoms with Crippen LogP contribution in [0.15, 0.2) is 35.3 Å². The fourth-order valence-electron chi connectivity index (χ4n) is 6.56. The van der Waals surface area contributed by atoms with Crippen molar-refractivity contribution in [2.45, 2.75) is 116 Å². The number of ketones is 1. The molecule has 2 aromatic rings. The quantitative estimate of drug-likeness (QED) is 0.227. The molecule has 3 heterocycles. The first-order chi connectivity index (χ1) is 23.5. The van der Waals surface area contributed by atoms with E-state index in [-0.39, 0.29) is 35.6 Å². The number of esters is 1. The molecule has 5 atom stereocenters. The Morgan fingerprint density at radius 1 is 0.939 bits per heavy atom. The summed E-state index contributed by atoms with van der Waals surface area (Å²) in [6.07, 6.45) is 6.62. The predicted octanol–water partition coefficient (Wildman–Crippen LogP) is 2.67. The molecule has 49 heavy (non-hydrogen) atoms. The van der Waals surface area contributed by atoms with Crippen LogP contribution in [-0.4, -0.2) is 76.6 Å². The number of Topliss-reactive ketones (excluding diaryl/α,β-unsaturated/α-hetero) is 1. The van der Waals surface area contributed by atoms with Gasteiger partial charge >= 0.3 is 5.97 Å². The van der Waals surface area contributed by atoms with Crippen LogP contribution in [0, 0.1) is 5.92 Å². The standard InChI is InChI=1S/C36H49N5O8/c1-5-22(3)30-36(48)41-19-13-12-18-28(41)34(46)37-26(16-9-7-8-14-23(42)6-2)33(45)39-31(35(47)38-30)25-20-40(21-29(43)49-4)27-17-11-10-15-24(27)32(25)44/h10-11,15,17,20,22,26,28,30-31H,5-9,12-14,16,18-19,21H2,1-4H3,(H,37,46)(H,38,47)(H,39,45)/t22-,26-,28+,30-,31-/m0/s1. The number of hydrogen-bond donors (Lipinski definition) is 3. The first-order valence-corrected chi connectivity index (χ1v) is 17.4. The van der Waals surface area contributed by atoms with Crippen LogP contribution >= 0.6 is 0 Å². The second-order valence-electron chi connectivity index (χ2n) is 13.0. The fourth-order valence-corrected chi connectivity index (χ4v) is 6.56. The largest absolute Gasteiger partial charge is 0.468 e. The van der Waals surface area contributed by atoms with Crippen LogP contribution in [0.1, 0.15) is 96.6 Å². The number of piperidine rings is 1. The smallest absolute Gasteiger partial charge is 0.325 e. The monoisotopic (exact) mass is 679 g/mol. The molecule has 0 bridgehead atoms. The molecular formula is C36H49N5O8. The number of para-hydroxylation sites is 1. The Kier molecular flexibility index (Phi) is 13.1. The van der Waals surface area contributed by atoms with Gasteiger partial charge in [-0.2, -0.15) is 0 Å². The summed E-state index contributed by atoms with van der Waals surface area (Å²) in [5, 5.41) is 8.65. The van der Waals surface area contributed by atoms with E-state index >= 15 is 0 Å². The average molecular weight is 680 g/mol. The Morgan fingerprint density at radius 3 is 2.41 bits per heavy atom. The number of hydrogen-bond acceptors (Lipinski definition) is 8. The summed E-state index contributed by atoms with van der Waals surface area (Å²) in [6, 6.07) is 2.13. The number of unbranched alkanes of at least 4 members (excludes halogenated alkanes) is 2. The number of amides is 4. The molecule has 13 heteroatoms.